The Morgan fingerprint density at radius 1 is 1.05 bits per heavy atom. The van der Waals surface area contributed by atoms with Crippen molar-refractivity contribution in [3.8, 4) is 5.75 Å². The maximum absolute atomic E-state index is 11.1. The van der Waals surface area contributed by atoms with E-state index in [2.05, 4.69) is 19.9 Å². The second-order valence-corrected chi connectivity index (χ2v) is 4.79. The Hall–Kier alpha value is -1.51. The van der Waals surface area contributed by atoms with Crippen molar-refractivity contribution in [3.63, 3.8) is 0 Å². The highest BCUT2D eigenvalue weighted by molar-refractivity contribution is 5.69. The van der Waals surface area contributed by atoms with Gasteiger partial charge in [0, 0.05) is 6.42 Å². The molecule has 0 aliphatic heterocycles. The minimum absolute atomic E-state index is 0.0993. The van der Waals surface area contributed by atoms with Gasteiger partial charge in [0.1, 0.15) is 5.75 Å². The van der Waals surface area contributed by atoms with Crippen LogP contribution in [0.3, 0.4) is 0 Å². The van der Waals surface area contributed by atoms with Crippen LogP contribution in [-0.4, -0.2) is 19.2 Å². The monoisotopic (exact) mass is 264 g/mol. The van der Waals surface area contributed by atoms with E-state index < -0.39 is 0 Å². The molecule has 0 bridgehead atoms. The molecule has 0 saturated heterocycles. The topological polar surface area (TPSA) is 35.5 Å². The maximum atomic E-state index is 11.1. The van der Waals surface area contributed by atoms with Gasteiger partial charge in [-0.25, -0.2) is 0 Å². The number of unbranched alkanes of at least 4 members (excludes halogenated alkanes) is 2. The van der Waals surface area contributed by atoms with Gasteiger partial charge in [0.25, 0.3) is 0 Å². The molecule has 1 aromatic carbocycles. The van der Waals surface area contributed by atoms with E-state index in [-0.39, 0.29) is 5.97 Å². The van der Waals surface area contributed by atoms with Gasteiger partial charge in [-0.3, -0.25) is 4.79 Å². The number of benzene rings is 1. The molecule has 3 nitrogen and oxygen atoms in total. The number of rotatable bonds is 8. The highest BCUT2D eigenvalue weighted by Gasteiger charge is 2.01. The van der Waals surface area contributed by atoms with Crippen molar-refractivity contribution in [1.82, 2.24) is 0 Å². The van der Waals surface area contributed by atoms with Gasteiger partial charge in [-0.1, -0.05) is 6.07 Å². The molecule has 0 atom stereocenters. The van der Waals surface area contributed by atoms with E-state index in [1.807, 2.05) is 19.1 Å². The van der Waals surface area contributed by atoms with E-state index in [1.165, 1.54) is 11.1 Å². The fourth-order valence-corrected chi connectivity index (χ4v) is 1.99. The van der Waals surface area contributed by atoms with E-state index in [1.54, 1.807) is 0 Å². The fourth-order valence-electron chi connectivity index (χ4n) is 1.99. The number of hydrogen-bond acceptors (Lipinski definition) is 3. The van der Waals surface area contributed by atoms with Crippen LogP contribution in [0.25, 0.3) is 0 Å². The summed E-state index contributed by atoms with van der Waals surface area (Å²) >= 11 is 0. The van der Waals surface area contributed by atoms with Crippen LogP contribution in [0.4, 0.5) is 0 Å². The molecule has 0 aliphatic carbocycles. The Labute approximate surface area is 115 Å². The molecule has 0 saturated carbocycles. The van der Waals surface area contributed by atoms with E-state index in [4.69, 9.17) is 9.47 Å². The van der Waals surface area contributed by atoms with Crippen molar-refractivity contribution >= 4 is 5.97 Å². The minimum atomic E-state index is -0.0993. The predicted octanol–water partition coefficient (Wildman–Crippen LogP) is 3.81. The van der Waals surface area contributed by atoms with Gasteiger partial charge >= 0.3 is 5.97 Å². The van der Waals surface area contributed by atoms with Crippen LogP contribution in [0.15, 0.2) is 18.2 Å². The van der Waals surface area contributed by atoms with Gasteiger partial charge in [-0.15, -0.1) is 0 Å². The largest absolute Gasteiger partial charge is 0.494 e. The van der Waals surface area contributed by atoms with Crippen LogP contribution < -0.4 is 4.74 Å². The zero-order valence-electron chi connectivity index (χ0n) is 12.2. The Morgan fingerprint density at radius 2 is 1.74 bits per heavy atom. The number of ether oxygens (including phenoxy) is 2. The third-order valence-electron chi connectivity index (χ3n) is 2.79. The van der Waals surface area contributed by atoms with E-state index >= 15 is 0 Å². The smallest absolute Gasteiger partial charge is 0.305 e. The second-order valence-electron chi connectivity index (χ2n) is 4.79. The summed E-state index contributed by atoms with van der Waals surface area (Å²) < 4.78 is 10.6. The average Bonchev–Trinajstić information content (AvgIpc) is 2.32. The second kappa shape index (κ2) is 8.57. The summed E-state index contributed by atoms with van der Waals surface area (Å²) in [4.78, 5) is 11.1. The molecule has 1 aromatic rings. The number of carbonyl (C=O) groups is 1. The lowest BCUT2D eigenvalue weighted by Gasteiger charge is -2.08. The molecule has 3 heteroatoms. The van der Waals surface area contributed by atoms with Crippen molar-refractivity contribution in [1.29, 1.82) is 0 Å². The normalized spacial score (nSPS) is 10.3. The lowest BCUT2D eigenvalue weighted by molar-refractivity contribution is -0.143. The van der Waals surface area contributed by atoms with Crippen LogP contribution in [0, 0.1) is 13.8 Å². The predicted molar refractivity (Wildman–Crippen MR) is 76.5 cm³/mol. The van der Waals surface area contributed by atoms with Crippen LogP contribution >= 0.6 is 0 Å². The van der Waals surface area contributed by atoms with Gasteiger partial charge in [-0.05, 0) is 63.3 Å². The summed E-state index contributed by atoms with van der Waals surface area (Å²) in [5.74, 6) is 0.834. The summed E-state index contributed by atoms with van der Waals surface area (Å²) in [6.07, 6.45) is 3.34. The zero-order valence-corrected chi connectivity index (χ0v) is 12.2. The van der Waals surface area contributed by atoms with E-state index in [0.29, 0.717) is 19.6 Å². The summed E-state index contributed by atoms with van der Waals surface area (Å²) in [5.41, 5.74) is 2.44. The molecule has 0 radical (unpaired) electrons. The molecule has 0 N–H and O–H groups in total. The van der Waals surface area contributed by atoms with E-state index in [9.17, 15) is 4.79 Å². The van der Waals surface area contributed by atoms with Crippen LogP contribution in [0.2, 0.25) is 0 Å². The molecule has 0 spiro atoms. The highest BCUT2D eigenvalue weighted by Crippen LogP contribution is 2.16. The first kappa shape index (κ1) is 15.5. The molecule has 0 aromatic heterocycles. The lowest BCUT2D eigenvalue weighted by Crippen LogP contribution is -2.04. The van der Waals surface area contributed by atoms with Crippen molar-refractivity contribution < 1.29 is 14.3 Å². The Bertz CT molecular complexity index is 379. The van der Waals surface area contributed by atoms with Crippen molar-refractivity contribution in [3.05, 3.63) is 29.3 Å². The molecule has 0 fully saturated rings. The SMILES string of the molecule is CCOC(=O)CCCCCOc1cc(C)cc(C)c1. The molecular formula is C16H24O3. The minimum Gasteiger partial charge on any atom is -0.494 e. The number of aryl methyl sites for hydroxylation is 2. The molecule has 106 valence electrons. The summed E-state index contributed by atoms with van der Waals surface area (Å²) in [7, 11) is 0. The maximum Gasteiger partial charge on any atom is 0.305 e. The van der Waals surface area contributed by atoms with Gasteiger partial charge in [0.15, 0.2) is 0 Å². The molecule has 19 heavy (non-hydrogen) atoms. The van der Waals surface area contributed by atoms with Crippen LogP contribution in [-0.2, 0) is 9.53 Å². The number of carbonyl (C=O) groups excluding carboxylic acids is 1. The number of hydrogen-bond donors (Lipinski definition) is 0. The third kappa shape index (κ3) is 6.85. The van der Waals surface area contributed by atoms with Gasteiger partial charge in [0.05, 0.1) is 13.2 Å². The summed E-state index contributed by atoms with van der Waals surface area (Å²) in [6.45, 7) is 7.13. The molecule has 0 unspecified atom stereocenters. The lowest BCUT2D eigenvalue weighted by atomic mass is 10.1. The Morgan fingerprint density at radius 3 is 2.37 bits per heavy atom. The highest BCUT2D eigenvalue weighted by atomic mass is 16.5. The Kier molecular flexibility index (Phi) is 7.01. The van der Waals surface area contributed by atoms with Crippen molar-refractivity contribution in [2.45, 2.75) is 46.5 Å². The van der Waals surface area contributed by atoms with E-state index in [0.717, 1.165) is 25.0 Å². The van der Waals surface area contributed by atoms with Gasteiger partial charge in [-0.2, -0.15) is 0 Å². The standard InChI is InChI=1S/C16H24O3/c1-4-18-16(17)8-6-5-7-9-19-15-11-13(2)10-14(3)12-15/h10-12H,4-9H2,1-3H3. The molecule has 0 heterocycles. The van der Waals surface area contributed by atoms with Crippen molar-refractivity contribution in [2.75, 3.05) is 13.2 Å². The molecular weight excluding hydrogens is 240 g/mol. The first-order chi connectivity index (χ1) is 9.11. The number of esters is 1. The first-order valence-corrected chi connectivity index (χ1v) is 6.98. The third-order valence-corrected chi connectivity index (χ3v) is 2.79. The quantitative estimate of drug-likeness (QED) is 0.529. The molecule has 1 rings (SSSR count). The van der Waals surface area contributed by atoms with Gasteiger partial charge < -0.3 is 9.47 Å². The molecule has 0 aliphatic rings. The van der Waals surface area contributed by atoms with Gasteiger partial charge in [0.2, 0.25) is 0 Å². The fraction of sp³-hybridized carbons (Fsp3) is 0.562. The molecule has 0 amide bonds. The zero-order chi connectivity index (χ0) is 14.1. The average molecular weight is 264 g/mol. The van der Waals surface area contributed by atoms with Crippen LogP contribution in [0.1, 0.15) is 43.7 Å². The Balaban J connectivity index is 2.12. The van der Waals surface area contributed by atoms with Crippen molar-refractivity contribution in [2.24, 2.45) is 0 Å². The first-order valence-electron chi connectivity index (χ1n) is 6.98. The van der Waals surface area contributed by atoms with Crippen LogP contribution in [0.5, 0.6) is 5.75 Å². The summed E-state index contributed by atoms with van der Waals surface area (Å²) in [6, 6.07) is 6.23. The summed E-state index contributed by atoms with van der Waals surface area (Å²) in [5, 5.41) is 0.